The van der Waals surface area contributed by atoms with Crippen LogP contribution in [0.15, 0.2) is 28.2 Å². The fourth-order valence-electron chi connectivity index (χ4n) is 2.56. The summed E-state index contributed by atoms with van der Waals surface area (Å²) < 4.78 is 1.07. The Morgan fingerprint density at radius 2 is 2.00 bits per heavy atom. The van der Waals surface area contributed by atoms with Crippen molar-refractivity contribution in [3.05, 3.63) is 38.8 Å². The van der Waals surface area contributed by atoms with Crippen LogP contribution in [0.5, 0.6) is 0 Å². The maximum absolute atomic E-state index is 5.98. The van der Waals surface area contributed by atoms with E-state index in [1.54, 1.807) is 0 Å². The summed E-state index contributed by atoms with van der Waals surface area (Å²) in [4.78, 5) is 0. The van der Waals surface area contributed by atoms with Crippen LogP contribution in [0.1, 0.15) is 37.7 Å². The van der Waals surface area contributed by atoms with Gasteiger partial charge in [-0.05, 0) is 36.5 Å². The Bertz CT molecular complexity index is 434. The standard InChI is InChI=1S/C15H17Br2Cl/c16-10-13(11-4-2-1-3-5-11)8-12-6-7-14(18)9-15(12)17/h6-9,11H,1-5,10H2/b13-8-. The third-order valence-corrected chi connectivity index (χ3v) is 5.16. The molecule has 0 N–H and O–H groups in total. The van der Waals surface area contributed by atoms with E-state index in [9.17, 15) is 0 Å². The van der Waals surface area contributed by atoms with Gasteiger partial charge in [0.1, 0.15) is 0 Å². The second kappa shape index (κ2) is 7.12. The van der Waals surface area contributed by atoms with E-state index in [-0.39, 0.29) is 0 Å². The minimum atomic E-state index is 0.751. The molecule has 0 radical (unpaired) electrons. The largest absolute Gasteiger partial charge is 0.0880 e. The molecule has 2 rings (SSSR count). The first kappa shape index (κ1) is 14.6. The van der Waals surface area contributed by atoms with Crippen LogP contribution in [0.4, 0.5) is 0 Å². The molecule has 98 valence electrons. The molecule has 0 spiro atoms. The highest BCUT2D eigenvalue weighted by Crippen LogP contribution is 2.33. The van der Waals surface area contributed by atoms with Crippen LogP contribution in [-0.2, 0) is 0 Å². The highest BCUT2D eigenvalue weighted by molar-refractivity contribution is 9.10. The van der Waals surface area contributed by atoms with Gasteiger partial charge in [-0.1, -0.05) is 80.4 Å². The van der Waals surface area contributed by atoms with Gasteiger partial charge in [0.25, 0.3) is 0 Å². The molecule has 0 heterocycles. The number of halogens is 3. The van der Waals surface area contributed by atoms with Gasteiger partial charge in [-0.2, -0.15) is 0 Å². The SMILES string of the molecule is Clc1ccc(/C=C(/CBr)C2CCCCC2)c(Br)c1. The minimum absolute atomic E-state index is 0.751. The van der Waals surface area contributed by atoms with Crippen LogP contribution < -0.4 is 0 Å². The van der Waals surface area contributed by atoms with E-state index in [1.807, 2.05) is 12.1 Å². The molecule has 3 heteroatoms. The average Bonchev–Trinajstić information content (AvgIpc) is 2.39. The van der Waals surface area contributed by atoms with Gasteiger partial charge >= 0.3 is 0 Å². The minimum Gasteiger partial charge on any atom is -0.0880 e. The topological polar surface area (TPSA) is 0 Å². The number of alkyl halides is 1. The van der Waals surface area contributed by atoms with Gasteiger partial charge in [0, 0.05) is 14.8 Å². The van der Waals surface area contributed by atoms with Gasteiger partial charge in [0.2, 0.25) is 0 Å². The number of hydrogen-bond acceptors (Lipinski definition) is 0. The van der Waals surface area contributed by atoms with Crippen molar-refractivity contribution in [1.82, 2.24) is 0 Å². The highest BCUT2D eigenvalue weighted by atomic mass is 79.9. The van der Waals surface area contributed by atoms with Crippen molar-refractivity contribution in [3.63, 3.8) is 0 Å². The molecule has 0 nitrogen and oxygen atoms in total. The van der Waals surface area contributed by atoms with E-state index in [1.165, 1.54) is 43.2 Å². The maximum atomic E-state index is 5.98. The Hall–Kier alpha value is 0.210. The molecule has 0 bridgehead atoms. The zero-order valence-electron chi connectivity index (χ0n) is 10.3. The van der Waals surface area contributed by atoms with Crippen LogP contribution in [0.25, 0.3) is 6.08 Å². The molecular formula is C15H17Br2Cl. The lowest BCUT2D eigenvalue weighted by Gasteiger charge is -2.23. The lowest BCUT2D eigenvalue weighted by atomic mass is 9.84. The number of allylic oxidation sites excluding steroid dienone is 1. The molecule has 1 fully saturated rings. The fraction of sp³-hybridized carbons (Fsp3) is 0.467. The molecule has 0 atom stereocenters. The first-order valence-electron chi connectivity index (χ1n) is 6.42. The summed E-state index contributed by atoms with van der Waals surface area (Å²) >= 11 is 13.2. The summed E-state index contributed by atoms with van der Waals surface area (Å²) in [5.74, 6) is 0.751. The van der Waals surface area contributed by atoms with Crippen LogP contribution >= 0.6 is 43.5 Å². The number of benzene rings is 1. The van der Waals surface area contributed by atoms with Gasteiger partial charge in [-0.15, -0.1) is 0 Å². The Labute approximate surface area is 131 Å². The molecule has 1 aromatic carbocycles. The van der Waals surface area contributed by atoms with Crippen molar-refractivity contribution >= 4 is 49.5 Å². The van der Waals surface area contributed by atoms with Gasteiger partial charge < -0.3 is 0 Å². The van der Waals surface area contributed by atoms with Crippen LogP contribution in [0.2, 0.25) is 5.02 Å². The van der Waals surface area contributed by atoms with Crippen molar-refractivity contribution in [2.24, 2.45) is 5.92 Å². The smallest absolute Gasteiger partial charge is 0.0417 e. The molecular weight excluding hydrogens is 375 g/mol. The Morgan fingerprint density at radius 1 is 1.28 bits per heavy atom. The van der Waals surface area contributed by atoms with Gasteiger partial charge in [-0.3, -0.25) is 0 Å². The first-order chi connectivity index (χ1) is 8.70. The molecule has 1 saturated carbocycles. The molecule has 1 aliphatic rings. The average molecular weight is 393 g/mol. The van der Waals surface area contributed by atoms with E-state index in [4.69, 9.17) is 11.6 Å². The van der Waals surface area contributed by atoms with Gasteiger partial charge in [0.15, 0.2) is 0 Å². The lowest BCUT2D eigenvalue weighted by molar-refractivity contribution is 0.405. The van der Waals surface area contributed by atoms with Gasteiger partial charge in [-0.25, -0.2) is 0 Å². The maximum Gasteiger partial charge on any atom is 0.0417 e. The summed E-state index contributed by atoms with van der Waals surface area (Å²) in [6.45, 7) is 0. The van der Waals surface area contributed by atoms with E-state index in [0.29, 0.717) is 0 Å². The van der Waals surface area contributed by atoms with Crippen molar-refractivity contribution in [2.75, 3.05) is 5.33 Å². The highest BCUT2D eigenvalue weighted by Gasteiger charge is 2.17. The van der Waals surface area contributed by atoms with Crippen molar-refractivity contribution in [3.8, 4) is 0 Å². The molecule has 18 heavy (non-hydrogen) atoms. The van der Waals surface area contributed by atoms with E-state index in [0.717, 1.165) is 20.7 Å². The Morgan fingerprint density at radius 3 is 2.61 bits per heavy atom. The number of hydrogen-bond donors (Lipinski definition) is 0. The third-order valence-electron chi connectivity index (χ3n) is 3.59. The second-order valence-electron chi connectivity index (χ2n) is 4.85. The summed E-state index contributed by atoms with van der Waals surface area (Å²) in [5.41, 5.74) is 2.73. The summed E-state index contributed by atoms with van der Waals surface area (Å²) in [7, 11) is 0. The molecule has 1 aromatic rings. The number of rotatable bonds is 3. The van der Waals surface area contributed by atoms with E-state index >= 15 is 0 Å². The summed E-state index contributed by atoms with van der Waals surface area (Å²) in [6, 6.07) is 5.99. The third kappa shape index (κ3) is 3.85. The summed E-state index contributed by atoms with van der Waals surface area (Å²) in [6.07, 6.45) is 9.13. The first-order valence-corrected chi connectivity index (χ1v) is 8.71. The van der Waals surface area contributed by atoms with Crippen LogP contribution in [-0.4, -0.2) is 5.33 Å². The zero-order chi connectivity index (χ0) is 13.0. The monoisotopic (exact) mass is 390 g/mol. The quantitative estimate of drug-likeness (QED) is 0.518. The molecule has 0 aliphatic heterocycles. The Kier molecular flexibility index (Phi) is 5.78. The predicted octanol–water partition coefficient (Wildman–Crippen LogP) is 6.46. The van der Waals surface area contributed by atoms with E-state index in [2.05, 4.69) is 44.0 Å². The fourth-order valence-corrected chi connectivity index (χ4v) is 3.97. The molecule has 0 unspecified atom stereocenters. The van der Waals surface area contributed by atoms with E-state index < -0.39 is 0 Å². The predicted molar refractivity (Wildman–Crippen MR) is 87.5 cm³/mol. The van der Waals surface area contributed by atoms with Crippen molar-refractivity contribution < 1.29 is 0 Å². The molecule has 0 amide bonds. The lowest BCUT2D eigenvalue weighted by Crippen LogP contribution is -2.10. The van der Waals surface area contributed by atoms with Gasteiger partial charge in [0.05, 0.1) is 0 Å². The second-order valence-corrected chi connectivity index (χ2v) is 6.71. The zero-order valence-corrected chi connectivity index (χ0v) is 14.2. The van der Waals surface area contributed by atoms with Crippen LogP contribution in [0.3, 0.4) is 0 Å². The molecule has 1 aliphatic carbocycles. The van der Waals surface area contributed by atoms with Crippen LogP contribution in [0, 0.1) is 5.92 Å². The van der Waals surface area contributed by atoms with Crippen molar-refractivity contribution in [1.29, 1.82) is 0 Å². The normalized spacial score (nSPS) is 18.1. The molecule has 0 saturated heterocycles. The Balaban J connectivity index is 2.22. The molecule has 0 aromatic heterocycles. The summed E-state index contributed by atoms with van der Waals surface area (Å²) in [5, 5.41) is 1.74. The van der Waals surface area contributed by atoms with Crippen molar-refractivity contribution in [2.45, 2.75) is 32.1 Å².